The summed E-state index contributed by atoms with van der Waals surface area (Å²) in [6, 6.07) is 46.3. The Labute approximate surface area is 291 Å². The van der Waals surface area contributed by atoms with E-state index in [9.17, 15) is 0 Å². The average molecular weight is 642 g/mol. The summed E-state index contributed by atoms with van der Waals surface area (Å²) in [5.41, 5.74) is 9.75. The maximum Gasteiger partial charge on any atom is 0.118 e. The zero-order valence-electron chi connectivity index (χ0n) is 29.1. The van der Waals surface area contributed by atoms with Crippen molar-refractivity contribution in [3.63, 3.8) is 0 Å². The predicted octanol–water partition coefficient (Wildman–Crippen LogP) is 13.6. The molecule has 1 heterocycles. The molecule has 0 fully saturated rings. The van der Waals surface area contributed by atoms with Gasteiger partial charge in [0.2, 0.25) is 0 Å². The summed E-state index contributed by atoms with van der Waals surface area (Å²) in [7, 11) is 1.72. The molecule has 2 nitrogen and oxygen atoms in total. The van der Waals surface area contributed by atoms with Gasteiger partial charge in [-0.3, -0.25) is 4.98 Å². The second-order valence-electron chi connectivity index (χ2n) is 13.4. The van der Waals surface area contributed by atoms with Crippen molar-refractivity contribution in [2.75, 3.05) is 7.11 Å². The first-order valence-electron chi connectivity index (χ1n) is 18.3. The highest BCUT2D eigenvalue weighted by Gasteiger charge is 2.17. The molecule has 0 aliphatic heterocycles. The molecule has 7 rings (SSSR count). The van der Waals surface area contributed by atoms with E-state index in [1.54, 1.807) is 7.11 Å². The number of unbranched alkanes of at least 4 members (excludes halogenated alkanes) is 8. The van der Waals surface area contributed by atoms with E-state index in [1.165, 1.54) is 124 Å². The Kier molecular flexibility index (Phi) is 10.3. The Balaban J connectivity index is 1.21. The molecule has 0 saturated heterocycles. The molecule has 0 spiro atoms. The van der Waals surface area contributed by atoms with Gasteiger partial charge in [0.15, 0.2) is 0 Å². The molecule has 0 saturated carbocycles. The fraction of sp³-hybridized carbons (Fsp3) is 0.255. The molecule has 0 bridgehead atoms. The standard InChI is InChI=1S/C47H47NO/c1-3-4-5-6-7-8-9-10-11-18-37-33-44(39-19-16-17-24-45(39)48-37)34-25-27-35(28-26-34)46-40-20-12-14-22-42(40)47(43-23-15-13-21-41(43)46)36-29-31-38(49-2)32-30-36/h12-17,19-33H,3-11,18H2,1-2H3. The first kappa shape index (κ1) is 32.6. The maximum absolute atomic E-state index is 5.47. The third-order valence-electron chi connectivity index (χ3n) is 10.1. The summed E-state index contributed by atoms with van der Waals surface area (Å²) in [6.07, 6.45) is 13.1. The lowest BCUT2D eigenvalue weighted by atomic mass is 9.85. The van der Waals surface area contributed by atoms with E-state index >= 15 is 0 Å². The van der Waals surface area contributed by atoms with Gasteiger partial charge in [-0.25, -0.2) is 0 Å². The van der Waals surface area contributed by atoms with E-state index in [-0.39, 0.29) is 0 Å². The summed E-state index contributed by atoms with van der Waals surface area (Å²) in [4.78, 5) is 5.10. The molecule has 0 atom stereocenters. The minimum atomic E-state index is 0.867. The van der Waals surface area contributed by atoms with Gasteiger partial charge in [0.25, 0.3) is 0 Å². The van der Waals surface area contributed by atoms with Crippen LogP contribution in [0, 0.1) is 0 Å². The van der Waals surface area contributed by atoms with Crippen LogP contribution in [0.1, 0.15) is 70.4 Å². The van der Waals surface area contributed by atoms with E-state index in [4.69, 9.17) is 9.72 Å². The molecule has 0 amide bonds. The zero-order chi connectivity index (χ0) is 33.4. The van der Waals surface area contributed by atoms with Gasteiger partial charge in [0, 0.05) is 11.1 Å². The third-order valence-corrected chi connectivity index (χ3v) is 10.1. The van der Waals surface area contributed by atoms with Crippen molar-refractivity contribution in [2.24, 2.45) is 0 Å². The lowest BCUT2D eigenvalue weighted by molar-refractivity contribution is 0.415. The summed E-state index contributed by atoms with van der Waals surface area (Å²) in [5.74, 6) is 0.867. The SMILES string of the molecule is CCCCCCCCCCCc1cc(-c2ccc(-c3c4ccccc4c(-c4ccc(OC)cc4)c4ccccc34)cc2)c2ccccc2n1. The van der Waals surface area contributed by atoms with Crippen molar-refractivity contribution in [3.05, 3.63) is 133 Å². The van der Waals surface area contributed by atoms with Crippen molar-refractivity contribution in [2.45, 2.75) is 71.1 Å². The molecular weight excluding hydrogens is 595 g/mol. The van der Waals surface area contributed by atoms with Crippen LogP contribution in [0.15, 0.2) is 127 Å². The second kappa shape index (κ2) is 15.5. The molecule has 0 aliphatic rings. The van der Waals surface area contributed by atoms with E-state index in [2.05, 4.69) is 134 Å². The Morgan fingerprint density at radius 1 is 0.469 bits per heavy atom. The number of fused-ring (bicyclic) bond motifs is 3. The lowest BCUT2D eigenvalue weighted by Gasteiger charge is -2.18. The summed E-state index contributed by atoms with van der Waals surface area (Å²) < 4.78 is 5.47. The van der Waals surface area contributed by atoms with Crippen LogP contribution < -0.4 is 4.74 Å². The van der Waals surface area contributed by atoms with Crippen LogP contribution in [-0.2, 0) is 6.42 Å². The van der Waals surface area contributed by atoms with Crippen LogP contribution in [0.25, 0.3) is 65.8 Å². The van der Waals surface area contributed by atoms with Crippen molar-refractivity contribution in [3.8, 4) is 39.1 Å². The largest absolute Gasteiger partial charge is 0.497 e. The van der Waals surface area contributed by atoms with Gasteiger partial charge in [0.05, 0.1) is 12.6 Å². The number of hydrogen-bond acceptors (Lipinski definition) is 2. The number of benzene rings is 6. The summed E-state index contributed by atoms with van der Waals surface area (Å²) in [5, 5.41) is 6.25. The van der Waals surface area contributed by atoms with Crippen LogP contribution in [-0.4, -0.2) is 12.1 Å². The number of aromatic nitrogens is 1. The van der Waals surface area contributed by atoms with Crippen LogP contribution in [0.4, 0.5) is 0 Å². The molecule has 1 aromatic heterocycles. The molecule has 2 heteroatoms. The first-order valence-corrected chi connectivity index (χ1v) is 18.3. The molecule has 0 radical (unpaired) electrons. The van der Waals surface area contributed by atoms with Crippen molar-refractivity contribution in [1.29, 1.82) is 0 Å². The zero-order valence-corrected chi connectivity index (χ0v) is 29.1. The normalized spacial score (nSPS) is 11.5. The smallest absolute Gasteiger partial charge is 0.118 e. The van der Waals surface area contributed by atoms with Crippen LogP contribution >= 0.6 is 0 Å². The molecule has 246 valence electrons. The molecule has 0 N–H and O–H groups in total. The van der Waals surface area contributed by atoms with Gasteiger partial charge >= 0.3 is 0 Å². The second-order valence-corrected chi connectivity index (χ2v) is 13.4. The van der Waals surface area contributed by atoms with Gasteiger partial charge in [-0.2, -0.15) is 0 Å². The van der Waals surface area contributed by atoms with Crippen molar-refractivity contribution in [1.82, 2.24) is 4.98 Å². The van der Waals surface area contributed by atoms with Gasteiger partial charge in [-0.15, -0.1) is 0 Å². The molecule has 6 aromatic carbocycles. The number of methoxy groups -OCH3 is 1. The van der Waals surface area contributed by atoms with E-state index in [1.807, 2.05) is 0 Å². The van der Waals surface area contributed by atoms with Gasteiger partial charge in [-0.1, -0.05) is 161 Å². The molecule has 7 aromatic rings. The molecular formula is C47H47NO. The Morgan fingerprint density at radius 3 is 1.45 bits per heavy atom. The highest BCUT2D eigenvalue weighted by atomic mass is 16.5. The number of para-hydroxylation sites is 1. The highest BCUT2D eigenvalue weighted by Crippen LogP contribution is 2.44. The fourth-order valence-corrected chi connectivity index (χ4v) is 7.54. The van der Waals surface area contributed by atoms with Crippen molar-refractivity contribution >= 4 is 32.4 Å². The number of pyridine rings is 1. The maximum atomic E-state index is 5.47. The topological polar surface area (TPSA) is 22.1 Å². The summed E-state index contributed by atoms with van der Waals surface area (Å²) >= 11 is 0. The highest BCUT2D eigenvalue weighted by molar-refractivity contribution is 6.21. The van der Waals surface area contributed by atoms with Gasteiger partial charge in [-0.05, 0) is 92.0 Å². The summed E-state index contributed by atoms with van der Waals surface area (Å²) in [6.45, 7) is 2.29. The fourth-order valence-electron chi connectivity index (χ4n) is 7.54. The van der Waals surface area contributed by atoms with Gasteiger partial charge < -0.3 is 4.74 Å². The van der Waals surface area contributed by atoms with E-state index in [0.717, 1.165) is 17.7 Å². The Hall–Kier alpha value is -4.95. The minimum absolute atomic E-state index is 0.867. The number of aryl methyl sites for hydroxylation is 1. The minimum Gasteiger partial charge on any atom is -0.497 e. The number of nitrogens with zero attached hydrogens (tertiary/aromatic N) is 1. The quantitative estimate of drug-likeness (QED) is 0.0871. The molecule has 0 unspecified atom stereocenters. The number of rotatable bonds is 14. The van der Waals surface area contributed by atoms with Crippen LogP contribution in [0.5, 0.6) is 5.75 Å². The van der Waals surface area contributed by atoms with E-state index in [0.29, 0.717) is 0 Å². The molecule has 49 heavy (non-hydrogen) atoms. The average Bonchev–Trinajstić information content (AvgIpc) is 3.16. The third kappa shape index (κ3) is 7.10. The lowest BCUT2D eigenvalue weighted by Crippen LogP contribution is -1.95. The molecule has 0 aliphatic carbocycles. The Bertz CT molecular complexity index is 2100. The van der Waals surface area contributed by atoms with Crippen molar-refractivity contribution < 1.29 is 4.74 Å². The van der Waals surface area contributed by atoms with Crippen LogP contribution in [0.2, 0.25) is 0 Å². The van der Waals surface area contributed by atoms with Gasteiger partial charge in [0.1, 0.15) is 5.75 Å². The van der Waals surface area contributed by atoms with Crippen LogP contribution in [0.3, 0.4) is 0 Å². The number of hydrogen-bond donors (Lipinski definition) is 0. The monoisotopic (exact) mass is 641 g/mol. The van der Waals surface area contributed by atoms with E-state index < -0.39 is 0 Å². The number of ether oxygens (including phenoxy) is 1. The predicted molar refractivity (Wildman–Crippen MR) is 211 cm³/mol. The first-order chi connectivity index (χ1) is 24.2. The Morgan fingerprint density at radius 2 is 0.918 bits per heavy atom.